The summed E-state index contributed by atoms with van der Waals surface area (Å²) >= 11 is 0. The van der Waals surface area contributed by atoms with Crippen LogP contribution in [0.2, 0.25) is 0 Å². The minimum absolute atomic E-state index is 0.0709. The van der Waals surface area contributed by atoms with Crippen LogP contribution in [0.4, 0.5) is 0 Å². The molecule has 13 heteroatoms. The Balaban J connectivity index is 2.14. The van der Waals surface area contributed by atoms with E-state index in [2.05, 4.69) is 10.3 Å². The Morgan fingerprint density at radius 3 is 2.24 bits per heavy atom. The molecule has 0 aliphatic carbocycles. The fourth-order valence-corrected chi connectivity index (χ4v) is 4.37. The minimum Gasteiger partial charge on any atom is -0.464 e. The number of hydrogen-bond donors (Lipinski definition) is 1. The van der Waals surface area contributed by atoms with Gasteiger partial charge in [-0.2, -0.15) is 0 Å². The highest BCUT2D eigenvalue weighted by atomic mass is 16.7. The van der Waals surface area contributed by atoms with Crippen molar-refractivity contribution in [3.63, 3.8) is 0 Å². The van der Waals surface area contributed by atoms with Crippen LogP contribution < -0.4 is 5.32 Å². The number of nitrogens with zero attached hydrogens (tertiary/aromatic N) is 1. The normalized spacial score (nSPS) is 25.4. The number of rotatable bonds is 9. The molecule has 1 aromatic rings. The van der Waals surface area contributed by atoms with Crippen molar-refractivity contribution >= 4 is 35.7 Å². The number of ether oxygens (including phenoxy) is 6. The van der Waals surface area contributed by atoms with Crippen LogP contribution in [0.15, 0.2) is 35.3 Å². The number of fused-ring (bicyclic) bond motifs is 2. The standard InChI is InChI=1S/C25H30N2O11/c1-13(28)26-20-18-11-25(24(32)33-5,38-23(27-18)17-9-7-6-8-10-17)37-22(20)21(36-16(4)31)19(35-15(3)30)12-34-14(2)29/h6-10,18-22H,11-12H2,1-5H3,(H,26,28)/t18-,19+,20+,21+,22+,25+/m0/s1. The molecule has 0 aromatic heterocycles. The lowest BCUT2D eigenvalue weighted by atomic mass is 9.85. The predicted molar refractivity (Wildman–Crippen MR) is 127 cm³/mol. The number of carbonyl (C=O) groups excluding carboxylic acids is 5. The van der Waals surface area contributed by atoms with Crippen LogP contribution in [0.5, 0.6) is 0 Å². The monoisotopic (exact) mass is 534 g/mol. The third-order valence-electron chi connectivity index (χ3n) is 5.76. The summed E-state index contributed by atoms with van der Waals surface area (Å²) in [5.74, 6) is -5.60. The maximum Gasteiger partial charge on any atom is 0.379 e. The molecule has 1 aromatic carbocycles. The van der Waals surface area contributed by atoms with Crippen molar-refractivity contribution in [2.24, 2.45) is 4.99 Å². The molecule has 1 N–H and O–H groups in total. The second-order valence-corrected chi connectivity index (χ2v) is 8.75. The molecular formula is C25H30N2O11. The average molecular weight is 535 g/mol. The van der Waals surface area contributed by atoms with E-state index < -0.39 is 72.6 Å². The summed E-state index contributed by atoms with van der Waals surface area (Å²) in [7, 11) is 1.15. The lowest BCUT2D eigenvalue weighted by Gasteiger charge is -2.50. The summed E-state index contributed by atoms with van der Waals surface area (Å²) < 4.78 is 33.0. The molecule has 2 heterocycles. The van der Waals surface area contributed by atoms with Gasteiger partial charge in [-0.3, -0.25) is 19.2 Å². The Hall–Kier alpha value is -4.00. The van der Waals surface area contributed by atoms with Crippen LogP contribution in [0.1, 0.15) is 39.7 Å². The van der Waals surface area contributed by atoms with E-state index in [-0.39, 0.29) is 12.3 Å². The van der Waals surface area contributed by atoms with Gasteiger partial charge in [0.25, 0.3) is 0 Å². The van der Waals surface area contributed by atoms with Gasteiger partial charge >= 0.3 is 29.7 Å². The second kappa shape index (κ2) is 12.0. The number of amides is 1. The van der Waals surface area contributed by atoms with Crippen LogP contribution >= 0.6 is 0 Å². The molecule has 2 aliphatic rings. The summed E-state index contributed by atoms with van der Waals surface area (Å²) in [6.45, 7) is 4.13. The second-order valence-electron chi connectivity index (χ2n) is 8.75. The Morgan fingerprint density at radius 1 is 1.03 bits per heavy atom. The zero-order chi connectivity index (χ0) is 28.0. The Bertz CT molecular complexity index is 1110. The topological polar surface area (TPSA) is 165 Å². The molecule has 1 amide bonds. The van der Waals surface area contributed by atoms with E-state index >= 15 is 0 Å². The molecule has 0 saturated carbocycles. The number of hydrogen-bond acceptors (Lipinski definition) is 12. The lowest BCUT2D eigenvalue weighted by Crippen LogP contribution is -2.70. The van der Waals surface area contributed by atoms with E-state index in [0.29, 0.717) is 5.56 Å². The van der Waals surface area contributed by atoms with Gasteiger partial charge in [-0.15, -0.1) is 0 Å². The van der Waals surface area contributed by atoms with Gasteiger partial charge in [0.1, 0.15) is 12.7 Å². The first kappa shape index (κ1) is 28.6. The van der Waals surface area contributed by atoms with E-state index in [0.717, 1.165) is 27.9 Å². The first-order chi connectivity index (χ1) is 18.0. The highest BCUT2D eigenvalue weighted by molar-refractivity contribution is 5.97. The van der Waals surface area contributed by atoms with Crippen LogP contribution in [-0.4, -0.2) is 85.6 Å². The van der Waals surface area contributed by atoms with E-state index in [1.54, 1.807) is 30.3 Å². The maximum absolute atomic E-state index is 13.1. The van der Waals surface area contributed by atoms with Crippen molar-refractivity contribution in [1.82, 2.24) is 5.32 Å². The van der Waals surface area contributed by atoms with Crippen molar-refractivity contribution < 1.29 is 52.4 Å². The van der Waals surface area contributed by atoms with Gasteiger partial charge in [0.05, 0.1) is 19.2 Å². The summed E-state index contributed by atoms with van der Waals surface area (Å²) in [5.41, 5.74) is 0.540. The minimum atomic E-state index is -2.05. The SMILES string of the molecule is COC(=O)[C@@]12C[C@H](N=C(c3ccccc3)O1)[C@@H](NC(C)=O)[C@H]([C@H](OC(C)=O)[C@@H](COC(C)=O)OC(C)=O)O2. The quantitative estimate of drug-likeness (QED) is 0.345. The zero-order valence-corrected chi connectivity index (χ0v) is 21.6. The van der Waals surface area contributed by atoms with Crippen molar-refractivity contribution in [2.75, 3.05) is 13.7 Å². The molecular weight excluding hydrogens is 504 g/mol. The molecule has 38 heavy (non-hydrogen) atoms. The number of aliphatic imine (C=N–C) groups is 1. The summed E-state index contributed by atoms with van der Waals surface area (Å²) in [4.78, 5) is 65.5. The number of carbonyl (C=O) groups is 5. The molecule has 2 bridgehead atoms. The van der Waals surface area contributed by atoms with Gasteiger partial charge in [0, 0.05) is 39.7 Å². The molecule has 2 aliphatic heterocycles. The van der Waals surface area contributed by atoms with Gasteiger partial charge in [0.15, 0.2) is 12.2 Å². The third kappa shape index (κ3) is 6.65. The van der Waals surface area contributed by atoms with E-state index in [1.807, 2.05) is 0 Å². The third-order valence-corrected chi connectivity index (χ3v) is 5.76. The molecule has 1 saturated heterocycles. The van der Waals surface area contributed by atoms with Gasteiger partial charge in [-0.1, -0.05) is 18.2 Å². The first-order valence-corrected chi connectivity index (χ1v) is 11.8. The van der Waals surface area contributed by atoms with Gasteiger partial charge in [0.2, 0.25) is 11.8 Å². The Kier molecular flexibility index (Phi) is 9.04. The van der Waals surface area contributed by atoms with Crippen molar-refractivity contribution in [2.45, 2.75) is 70.3 Å². The van der Waals surface area contributed by atoms with Gasteiger partial charge < -0.3 is 33.7 Å². The number of esters is 4. The highest BCUT2D eigenvalue weighted by Crippen LogP contribution is 2.40. The summed E-state index contributed by atoms with van der Waals surface area (Å²) in [6.07, 6.45) is -4.34. The smallest absolute Gasteiger partial charge is 0.379 e. The Morgan fingerprint density at radius 2 is 1.68 bits per heavy atom. The van der Waals surface area contributed by atoms with Crippen LogP contribution in [-0.2, 0) is 52.4 Å². The lowest BCUT2D eigenvalue weighted by molar-refractivity contribution is -0.284. The summed E-state index contributed by atoms with van der Waals surface area (Å²) in [5, 5.41) is 2.74. The number of methoxy groups -OCH3 is 1. The molecule has 3 rings (SSSR count). The van der Waals surface area contributed by atoms with Crippen molar-refractivity contribution in [3.05, 3.63) is 35.9 Å². The first-order valence-electron chi connectivity index (χ1n) is 11.8. The fraction of sp³-hybridized carbons (Fsp3) is 0.520. The van der Waals surface area contributed by atoms with Crippen molar-refractivity contribution in [1.29, 1.82) is 0 Å². The largest absolute Gasteiger partial charge is 0.464 e. The molecule has 206 valence electrons. The molecule has 0 unspecified atom stereocenters. The van der Waals surface area contributed by atoms with Crippen molar-refractivity contribution in [3.8, 4) is 0 Å². The van der Waals surface area contributed by atoms with E-state index in [9.17, 15) is 24.0 Å². The van der Waals surface area contributed by atoms with Gasteiger partial charge in [-0.25, -0.2) is 9.79 Å². The molecule has 0 radical (unpaired) electrons. The predicted octanol–water partition coefficient (Wildman–Crippen LogP) is 0.421. The van der Waals surface area contributed by atoms with Crippen LogP contribution in [0.3, 0.4) is 0 Å². The molecule has 1 fully saturated rings. The van der Waals surface area contributed by atoms with E-state index in [1.165, 1.54) is 6.92 Å². The number of benzene rings is 1. The molecule has 13 nitrogen and oxygen atoms in total. The molecule has 6 atom stereocenters. The Labute approximate surface area is 218 Å². The zero-order valence-electron chi connectivity index (χ0n) is 21.6. The van der Waals surface area contributed by atoms with Gasteiger partial charge in [-0.05, 0) is 12.1 Å². The maximum atomic E-state index is 13.1. The van der Waals surface area contributed by atoms with E-state index in [4.69, 9.17) is 28.4 Å². The van der Waals surface area contributed by atoms with Crippen LogP contribution in [0, 0.1) is 0 Å². The fourth-order valence-electron chi connectivity index (χ4n) is 4.37. The van der Waals surface area contributed by atoms with Crippen LogP contribution in [0.25, 0.3) is 0 Å². The average Bonchev–Trinajstić information content (AvgIpc) is 2.86. The highest BCUT2D eigenvalue weighted by Gasteiger charge is 2.61. The molecule has 0 spiro atoms. The summed E-state index contributed by atoms with van der Waals surface area (Å²) in [6, 6.07) is 6.90. The number of nitrogens with one attached hydrogen (secondary N) is 1.